The summed E-state index contributed by atoms with van der Waals surface area (Å²) in [6.45, 7) is 11.9. The van der Waals surface area contributed by atoms with Gasteiger partial charge in [-0.15, -0.1) is 0 Å². The first-order chi connectivity index (χ1) is 20.2. The van der Waals surface area contributed by atoms with Gasteiger partial charge in [-0.1, -0.05) is 34.6 Å². The molecule has 1 amide bonds. The highest BCUT2D eigenvalue weighted by atomic mass is 19.4. The fourth-order valence-electron chi connectivity index (χ4n) is 5.96. The number of amides is 1. The number of hydrogen-bond acceptors (Lipinski definition) is 4. The largest absolute Gasteiger partial charge is 0.496 e. The maximum Gasteiger partial charge on any atom is 0.416 e. The molecule has 0 aliphatic carbocycles. The summed E-state index contributed by atoms with van der Waals surface area (Å²) in [4.78, 5) is 14.5. The van der Waals surface area contributed by atoms with Crippen molar-refractivity contribution in [3.05, 3.63) is 69.5 Å². The van der Waals surface area contributed by atoms with E-state index in [1.165, 1.54) is 25.0 Å². The number of carbonyl (C=O) groups excluding carboxylic acids is 1. The zero-order valence-electron chi connectivity index (χ0n) is 25.6. The van der Waals surface area contributed by atoms with E-state index in [1.807, 2.05) is 34.6 Å². The Hall–Kier alpha value is -3.28. The van der Waals surface area contributed by atoms with E-state index in [0.29, 0.717) is 42.0 Å². The van der Waals surface area contributed by atoms with Crippen LogP contribution in [0.15, 0.2) is 35.9 Å². The molecule has 5 nitrogen and oxygen atoms in total. The molecule has 1 saturated heterocycles. The SMILES string of the molecule is COc1cc(F)c(C(C)C)cc1C1=C(CN2C(=O)O[C@H](c3cc(C(F)(F)F)cc(C(F)(F)F)c3)[C@@H]2C)CCNC1C(C)(C)C. The minimum atomic E-state index is -5.04. The molecule has 4 rings (SSSR count). The van der Waals surface area contributed by atoms with E-state index in [-0.39, 0.29) is 30.0 Å². The highest BCUT2D eigenvalue weighted by Gasteiger charge is 2.44. The molecule has 242 valence electrons. The molecule has 44 heavy (non-hydrogen) atoms. The highest BCUT2D eigenvalue weighted by molar-refractivity contribution is 5.80. The van der Waals surface area contributed by atoms with Gasteiger partial charge in [0.15, 0.2) is 0 Å². The Balaban J connectivity index is 1.82. The van der Waals surface area contributed by atoms with Gasteiger partial charge in [-0.05, 0) is 77.8 Å². The monoisotopic (exact) mass is 630 g/mol. The van der Waals surface area contributed by atoms with Crippen molar-refractivity contribution in [3.63, 3.8) is 0 Å². The van der Waals surface area contributed by atoms with Crippen molar-refractivity contribution < 1.29 is 45.0 Å². The molecule has 12 heteroatoms. The van der Waals surface area contributed by atoms with E-state index in [4.69, 9.17) is 9.47 Å². The number of methoxy groups -OCH3 is 1. The molecule has 3 atom stereocenters. The van der Waals surface area contributed by atoms with Gasteiger partial charge in [0.2, 0.25) is 0 Å². The molecule has 2 aromatic rings. The third kappa shape index (κ3) is 6.69. The van der Waals surface area contributed by atoms with Gasteiger partial charge in [0.1, 0.15) is 17.7 Å². The summed E-state index contributed by atoms with van der Waals surface area (Å²) in [5.74, 6) is -0.259. The molecule has 0 spiro atoms. The second-order valence-corrected chi connectivity index (χ2v) is 12.8. The number of benzene rings is 2. The minimum absolute atomic E-state index is 0.00270. The number of hydrogen-bond donors (Lipinski definition) is 1. The first-order valence-electron chi connectivity index (χ1n) is 14.3. The van der Waals surface area contributed by atoms with Crippen molar-refractivity contribution in [3.8, 4) is 5.75 Å². The number of nitrogens with zero attached hydrogens (tertiary/aromatic N) is 1. The maximum atomic E-state index is 15.0. The molecule has 0 aromatic heterocycles. The Bertz CT molecular complexity index is 1410. The van der Waals surface area contributed by atoms with Crippen LogP contribution in [0.1, 0.15) is 87.8 Å². The zero-order chi connectivity index (χ0) is 32.9. The molecular formula is C32H37F7N2O3. The van der Waals surface area contributed by atoms with E-state index < -0.39 is 53.1 Å². The number of cyclic esters (lactones) is 1. The third-order valence-electron chi connectivity index (χ3n) is 8.23. The Morgan fingerprint density at radius 3 is 2.09 bits per heavy atom. The van der Waals surface area contributed by atoms with Gasteiger partial charge in [0.25, 0.3) is 0 Å². The molecule has 1 unspecified atom stereocenters. The number of nitrogens with one attached hydrogen (secondary N) is 1. The van der Waals surface area contributed by atoms with Crippen LogP contribution in [0.3, 0.4) is 0 Å². The van der Waals surface area contributed by atoms with Gasteiger partial charge in [-0.25, -0.2) is 9.18 Å². The lowest BCUT2D eigenvalue weighted by atomic mass is 9.75. The highest BCUT2D eigenvalue weighted by Crippen LogP contribution is 2.44. The minimum Gasteiger partial charge on any atom is -0.496 e. The van der Waals surface area contributed by atoms with Crippen LogP contribution in [0.25, 0.3) is 5.57 Å². The first kappa shape index (κ1) is 33.6. The molecule has 0 bridgehead atoms. The molecule has 0 radical (unpaired) electrons. The third-order valence-corrected chi connectivity index (χ3v) is 8.23. The van der Waals surface area contributed by atoms with Crippen LogP contribution in [0.5, 0.6) is 5.75 Å². The lowest BCUT2D eigenvalue weighted by Crippen LogP contribution is -2.46. The summed E-state index contributed by atoms with van der Waals surface area (Å²) >= 11 is 0. The van der Waals surface area contributed by atoms with Crippen LogP contribution < -0.4 is 10.1 Å². The molecule has 2 aliphatic heterocycles. The number of ether oxygens (including phenoxy) is 2. The first-order valence-corrected chi connectivity index (χ1v) is 14.3. The van der Waals surface area contributed by atoms with Gasteiger partial charge >= 0.3 is 18.4 Å². The topological polar surface area (TPSA) is 50.8 Å². The van der Waals surface area contributed by atoms with Gasteiger partial charge in [-0.2, -0.15) is 26.3 Å². The molecular weight excluding hydrogens is 593 g/mol. The molecule has 2 heterocycles. The van der Waals surface area contributed by atoms with Crippen molar-refractivity contribution in [1.29, 1.82) is 0 Å². The fraction of sp³-hybridized carbons (Fsp3) is 0.531. The Kier molecular flexibility index (Phi) is 9.10. The van der Waals surface area contributed by atoms with E-state index in [1.54, 1.807) is 6.07 Å². The van der Waals surface area contributed by atoms with E-state index in [9.17, 15) is 35.5 Å². The molecule has 1 fully saturated rings. The van der Waals surface area contributed by atoms with Crippen LogP contribution in [-0.2, 0) is 17.1 Å². The van der Waals surface area contributed by atoms with Gasteiger partial charge in [0, 0.05) is 24.2 Å². The van der Waals surface area contributed by atoms with Crippen molar-refractivity contribution in [2.24, 2.45) is 5.41 Å². The molecule has 2 aromatic carbocycles. The predicted molar refractivity (Wildman–Crippen MR) is 152 cm³/mol. The van der Waals surface area contributed by atoms with E-state index >= 15 is 0 Å². The summed E-state index contributed by atoms with van der Waals surface area (Å²) in [6, 6.07) is 3.15. The number of alkyl halides is 6. The lowest BCUT2D eigenvalue weighted by molar-refractivity contribution is -0.143. The predicted octanol–water partition coefficient (Wildman–Crippen LogP) is 8.74. The standard InChI is InChI=1S/C32H37F7N2O3/c1-16(2)22-13-23(25(43-7)14-24(22)33)26-18(8-9-40-28(26)30(4,5)6)15-41-17(3)27(44-29(41)42)19-10-20(31(34,35)36)12-21(11-19)32(37,38)39/h10-14,16-17,27-28,40H,8-9,15H2,1-7H3/t17-,27-,28?/m0/s1. The summed E-state index contributed by atoms with van der Waals surface area (Å²) in [6.07, 6.45) is -11.8. The second-order valence-electron chi connectivity index (χ2n) is 12.8. The van der Waals surface area contributed by atoms with Crippen LogP contribution in [-0.4, -0.2) is 43.3 Å². The van der Waals surface area contributed by atoms with Gasteiger partial charge < -0.3 is 14.8 Å². The molecule has 0 saturated carbocycles. The van der Waals surface area contributed by atoms with Crippen molar-refractivity contribution in [2.75, 3.05) is 20.2 Å². The number of rotatable bonds is 6. The Morgan fingerprint density at radius 2 is 1.59 bits per heavy atom. The van der Waals surface area contributed by atoms with Crippen molar-refractivity contribution in [2.45, 2.75) is 84.4 Å². The van der Waals surface area contributed by atoms with E-state index in [2.05, 4.69) is 5.32 Å². The van der Waals surface area contributed by atoms with Crippen LogP contribution in [0.2, 0.25) is 0 Å². The number of carbonyl (C=O) groups is 1. The van der Waals surface area contributed by atoms with Gasteiger partial charge in [0.05, 0.1) is 24.3 Å². The fourth-order valence-corrected chi connectivity index (χ4v) is 5.96. The maximum absolute atomic E-state index is 15.0. The van der Waals surface area contributed by atoms with Crippen molar-refractivity contribution in [1.82, 2.24) is 10.2 Å². The average molecular weight is 631 g/mol. The van der Waals surface area contributed by atoms with E-state index in [0.717, 1.165) is 11.1 Å². The molecule has 1 N–H and O–H groups in total. The summed E-state index contributed by atoms with van der Waals surface area (Å²) in [5, 5.41) is 3.52. The molecule has 2 aliphatic rings. The lowest BCUT2D eigenvalue weighted by Gasteiger charge is -2.40. The normalized spacial score (nSPS) is 21.8. The summed E-state index contributed by atoms with van der Waals surface area (Å²) < 4.78 is 107. The second kappa shape index (κ2) is 11.9. The zero-order valence-corrected chi connectivity index (χ0v) is 25.6. The number of halogens is 7. The Labute approximate surface area is 252 Å². The Morgan fingerprint density at radius 1 is 1.00 bits per heavy atom. The summed E-state index contributed by atoms with van der Waals surface area (Å²) in [7, 11) is 1.44. The van der Waals surface area contributed by atoms with Crippen LogP contribution in [0.4, 0.5) is 35.5 Å². The van der Waals surface area contributed by atoms with Crippen LogP contribution >= 0.6 is 0 Å². The smallest absolute Gasteiger partial charge is 0.416 e. The van der Waals surface area contributed by atoms with Gasteiger partial charge in [-0.3, -0.25) is 4.90 Å². The summed E-state index contributed by atoms with van der Waals surface area (Å²) in [5.41, 5.74) is -0.991. The quantitative estimate of drug-likeness (QED) is 0.325. The average Bonchev–Trinajstić information content (AvgIpc) is 3.19. The van der Waals surface area contributed by atoms with Crippen molar-refractivity contribution >= 4 is 11.7 Å². The van der Waals surface area contributed by atoms with Crippen LogP contribution in [0, 0.1) is 11.2 Å².